The summed E-state index contributed by atoms with van der Waals surface area (Å²) in [4.78, 5) is 16.3. The van der Waals surface area contributed by atoms with Crippen LogP contribution < -0.4 is 5.32 Å². The van der Waals surface area contributed by atoms with Crippen molar-refractivity contribution in [1.29, 1.82) is 0 Å². The van der Waals surface area contributed by atoms with E-state index in [9.17, 15) is 4.79 Å². The van der Waals surface area contributed by atoms with E-state index in [1.165, 1.54) is 0 Å². The van der Waals surface area contributed by atoms with Gasteiger partial charge < -0.3 is 15.1 Å². The van der Waals surface area contributed by atoms with Gasteiger partial charge in [0.05, 0.1) is 6.54 Å². The monoisotopic (exact) mass is 265 g/mol. The summed E-state index contributed by atoms with van der Waals surface area (Å²) in [6, 6.07) is 2.00. The maximum atomic E-state index is 12.2. The predicted octanol–water partition coefficient (Wildman–Crippen LogP) is 0.619. The van der Waals surface area contributed by atoms with Crippen LogP contribution in [0.4, 0.5) is 4.79 Å². The third-order valence-electron chi connectivity index (χ3n) is 3.40. The van der Waals surface area contributed by atoms with Crippen LogP contribution in [0.5, 0.6) is 0 Å². The third kappa shape index (κ3) is 4.24. The van der Waals surface area contributed by atoms with Crippen molar-refractivity contribution in [3.05, 3.63) is 18.5 Å². The van der Waals surface area contributed by atoms with E-state index in [0.29, 0.717) is 6.54 Å². The fourth-order valence-electron chi connectivity index (χ4n) is 2.29. The van der Waals surface area contributed by atoms with Gasteiger partial charge in [-0.2, -0.15) is 5.10 Å². The zero-order valence-corrected chi connectivity index (χ0v) is 11.7. The molecular weight excluding hydrogens is 242 g/mol. The quantitative estimate of drug-likeness (QED) is 0.871. The molecule has 1 saturated heterocycles. The fourth-order valence-corrected chi connectivity index (χ4v) is 2.29. The highest BCUT2D eigenvalue weighted by molar-refractivity contribution is 5.74. The number of urea groups is 1. The van der Waals surface area contributed by atoms with Crippen LogP contribution >= 0.6 is 0 Å². The highest BCUT2D eigenvalue weighted by Crippen LogP contribution is 2.02. The predicted molar refractivity (Wildman–Crippen MR) is 73.9 cm³/mol. The molecule has 19 heavy (non-hydrogen) atoms. The summed E-state index contributed by atoms with van der Waals surface area (Å²) in [5.74, 6) is 0. The molecule has 1 atom stereocenters. The van der Waals surface area contributed by atoms with Gasteiger partial charge in [-0.25, -0.2) is 4.79 Å². The van der Waals surface area contributed by atoms with Gasteiger partial charge in [0.2, 0.25) is 0 Å². The number of likely N-dealkylation sites (N-methyl/N-ethyl adjacent to an activating group) is 1. The van der Waals surface area contributed by atoms with Gasteiger partial charge in [0.15, 0.2) is 0 Å². The first-order valence-corrected chi connectivity index (χ1v) is 6.86. The number of hydrogen-bond acceptors (Lipinski definition) is 3. The van der Waals surface area contributed by atoms with Gasteiger partial charge >= 0.3 is 6.03 Å². The Kier molecular flexibility index (Phi) is 4.79. The molecule has 1 aromatic heterocycles. The van der Waals surface area contributed by atoms with Crippen molar-refractivity contribution < 1.29 is 4.79 Å². The van der Waals surface area contributed by atoms with Crippen molar-refractivity contribution in [1.82, 2.24) is 24.9 Å². The summed E-state index contributed by atoms with van der Waals surface area (Å²) in [7, 11) is 2.10. The minimum Gasteiger partial charge on any atom is -0.334 e. The van der Waals surface area contributed by atoms with Crippen LogP contribution in [0.2, 0.25) is 0 Å². The highest BCUT2D eigenvalue weighted by Gasteiger charge is 2.18. The lowest BCUT2D eigenvalue weighted by atomic mass is 10.3. The average molecular weight is 265 g/mol. The van der Waals surface area contributed by atoms with Crippen LogP contribution in [0, 0.1) is 0 Å². The van der Waals surface area contributed by atoms with Crippen molar-refractivity contribution >= 4 is 6.03 Å². The second-order valence-electron chi connectivity index (χ2n) is 5.22. The van der Waals surface area contributed by atoms with Gasteiger partial charge in [0.1, 0.15) is 0 Å². The lowest BCUT2D eigenvalue weighted by Gasteiger charge is -2.23. The van der Waals surface area contributed by atoms with E-state index in [1.54, 1.807) is 6.20 Å². The van der Waals surface area contributed by atoms with E-state index in [0.717, 1.165) is 32.6 Å². The van der Waals surface area contributed by atoms with E-state index in [4.69, 9.17) is 0 Å². The standard InChI is InChI=1S/C13H23N5O/c1-12(11-18-8-3-5-14-18)15-13(19)17-7-4-6-16(2)9-10-17/h3,5,8,12H,4,6-7,9-11H2,1-2H3,(H,15,19)/t12-/m1/s1. The molecule has 0 spiro atoms. The molecule has 0 bridgehead atoms. The number of amides is 2. The molecule has 1 fully saturated rings. The van der Waals surface area contributed by atoms with Crippen molar-refractivity contribution in [2.24, 2.45) is 0 Å². The lowest BCUT2D eigenvalue weighted by Crippen LogP contribution is -2.46. The Hall–Kier alpha value is -1.56. The van der Waals surface area contributed by atoms with Crippen molar-refractivity contribution in [3.8, 4) is 0 Å². The molecule has 6 nitrogen and oxygen atoms in total. The molecule has 2 rings (SSSR count). The first-order chi connectivity index (χ1) is 9.15. The minimum atomic E-state index is 0.0370. The topological polar surface area (TPSA) is 53.4 Å². The fraction of sp³-hybridized carbons (Fsp3) is 0.692. The molecule has 1 aromatic rings. The van der Waals surface area contributed by atoms with Crippen LogP contribution in [0.25, 0.3) is 0 Å². The Labute approximate surface area is 114 Å². The van der Waals surface area contributed by atoms with E-state index in [1.807, 2.05) is 28.8 Å². The van der Waals surface area contributed by atoms with Gasteiger partial charge in [-0.15, -0.1) is 0 Å². The molecule has 1 aliphatic rings. The maximum absolute atomic E-state index is 12.2. The number of carbonyl (C=O) groups excluding carboxylic acids is 1. The number of nitrogens with zero attached hydrogens (tertiary/aromatic N) is 4. The lowest BCUT2D eigenvalue weighted by molar-refractivity contribution is 0.194. The summed E-state index contributed by atoms with van der Waals surface area (Å²) in [6.07, 6.45) is 4.69. The number of hydrogen-bond donors (Lipinski definition) is 1. The number of aromatic nitrogens is 2. The third-order valence-corrected chi connectivity index (χ3v) is 3.40. The van der Waals surface area contributed by atoms with Crippen LogP contribution in [0.15, 0.2) is 18.5 Å². The summed E-state index contributed by atoms with van der Waals surface area (Å²) in [6.45, 7) is 6.35. The molecule has 6 heteroatoms. The smallest absolute Gasteiger partial charge is 0.317 e. The molecule has 2 heterocycles. The van der Waals surface area contributed by atoms with Gasteiger partial charge in [0.25, 0.3) is 0 Å². The van der Waals surface area contributed by atoms with Gasteiger partial charge in [0, 0.05) is 38.1 Å². The van der Waals surface area contributed by atoms with Gasteiger partial charge in [-0.05, 0) is 33.0 Å². The molecule has 106 valence electrons. The van der Waals surface area contributed by atoms with Crippen LogP contribution in [-0.4, -0.2) is 64.9 Å². The normalized spacial score (nSPS) is 18.9. The molecule has 1 N–H and O–H groups in total. The molecule has 0 radical (unpaired) electrons. The molecule has 0 aromatic carbocycles. The summed E-state index contributed by atoms with van der Waals surface area (Å²) in [5, 5.41) is 7.18. The Bertz CT molecular complexity index is 392. The number of nitrogens with one attached hydrogen (secondary N) is 1. The maximum Gasteiger partial charge on any atom is 0.317 e. The first kappa shape index (κ1) is 13.9. The zero-order valence-electron chi connectivity index (χ0n) is 11.7. The van der Waals surface area contributed by atoms with Crippen LogP contribution in [0.3, 0.4) is 0 Å². The molecule has 1 aliphatic heterocycles. The van der Waals surface area contributed by atoms with Gasteiger partial charge in [-0.1, -0.05) is 0 Å². The summed E-state index contributed by atoms with van der Waals surface area (Å²) < 4.78 is 1.83. The van der Waals surface area contributed by atoms with Crippen molar-refractivity contribution in [2.45, 2.75) is 25.9 Å². The second-order valence-corrected chi connectivity index (χ2v) is 5.22. The Morgan fingerprint density at radius 2 is 2.21 bits per heavy atom. The highest BCUT2D eigenvalue weighted by atomic mass is 16.2. The summed E-state index contributed by atoms with van der Waals surface area (Å²) in [5.41, 5.74) is 0. The molecule has 0 aliphatic carbocycles. The van der Waals surface area contributed by atoms with Crippen LogP contribution in [-0.2, 0) is 6.54 Å². The number of rotatable bonds is 3. The molecule has 0 saturated carbocycles. The van der Waals surface area contributed by atoms with E-state index < -0.39 is 0 Å². The van der Waals surface area contributed by atoms with Gasteiger partial charge in [-0.3, -0.25) is 4.68 Å². The van der Waals surface area contributed by atoms with E-state index in [-0.39, 0.29) is 12.1 Å². The SMILES string of the molecule is C[C@H](Cn1cccn1)NC(=O)N1CCCN(C)CC1. The molecule has 0 unspecified atom stereocenters. The Morgan fingerprint density at radius 1 is 1.37 bits per heavy atom. The average Bonchev–Trinajstić information content (AvgIpc) is 2.76. The Morgan fingerprint density at radius 3 is 2.95 bits per heavy atom. The second kappa shape index (κ2) is 6.56. The first-order valence-electron chi connectivity index (χ1n) is 6.86. The largest absolute Gasteiger partial charge is 0.334 e. The van der Waals surface area contributed by atoms with Crippen LogP contribution in [0.1, 0.15) is 13.3 Å². The Balaban J connectivity index is 1.79. The molecular formula is C13H23N5O. The van der Waals surface area contributed by atoms with E-state index in [2.05, 4.69) is 22.4 Å². The summed E-state index contributed by atoms with van der Waals surface area (Å²) >= 11 is 0. The van der Waals surface area contributed by atoms with Crippen molar-refractivity contribution in [2.75, 3.05) is 33.2 Å². The molecule has 2 amide bonds. The van der Waals surface area contributed by atoms with E-state index >= 15 is 0 Å². The zero-order chi connectivity index (χ0) is 13.7. The van der Waals surface area contributed by atoms with Crippen molar-refractivity contribution in [3.63, 3.8) is 0 Å². The number of carbonyl (C=O) groups is 1. The minimum absolute atomic E-state index is 0.0370.